The van der Waals surface area contributed by atoms with Gasteiger partial charge in [-0.15, -0.1) is 0 Å². The number of carbonyl (C=O) groups is 1. The number of nitrogens with one attached hydrogen (secondary N) is 1. The van der Waals surface area contributed by atoms with Crippen LogP contribution < -0.4 is 5.43 Å². The highest BCUT2D eigenvalue weighted by Gasteiger charge is 2.05. The Balaban J connectivity index is 3.40. The maximum absolute atomic E-state index is 11.1. The normalized spacial score (nSPS) is 9.64. The second kappa shape index (κ2) is 3.00. The van der Waals surface area contributed by atoms with E-state index >= 15 is 0 Å². The number of aromatic amines is 1. The Morgan fingerprint density at radius 3 is 2.64 bits per heavy atom. The molecule has 0 radical (unpaired) electrons. The molecule has 58 valence electrons. The number of H-pyrrole nitrogens is 1. The van der Waals surface area contributed by atoms with Crippen LogP contribution in [0.4, 0.5) is 0 Å². The lowest BCUT2D eigenvalue weighted by molar-refractivity contribution is 0.101. The average molecular weight is 216 g/mol. The van der Waals surface area contributed by atoms with E-state index in [1.54, 1.807) is 0 Å². The van der Waals surface area contributed by atoms with Crippen LogP contribution in [0, 0.1) is 0 Å². The van der Waals surface area contributed by atoms with E-state index in [0.717, 1.165) is 0 Å². The molecule has 0 atom stereocenters. The van der Waals surface area contributed by atoms with E-state index in [9.17, 15) is 9.59 Å². The minimum atomic E-state index is -0.267. The predicted octanol–water partition coefficient (Wildman–Crippen LogP) is 1.34. The number of ketones is 1. The van der Waals surface area contributed by atoms with E-state index in [-0.39, 0.29) is 16.8 Å². The van der Waals surface area contributed by atoms with Crippen molar-refractivity contribution in [3.05, 3.63) is 32.7 Å². The quantitative estimate of drug-likeness (QED) is 0.720. The molecule has 1 aromatic rings. The molecule has 0 unspecified atom stereocenters. The van der Waals surface area contributed by atoms with Gasteiger partial charge in [0, 0.05) is 12.4 Å². The fourth-order valence-corrected chi connectivity index (χ4v) is 1.07. The molecular weight excluding hydrogens is 210 g/mol. The Kier molecular flexibility index (Phi) is 2.24. The SMILES string of the molecule is CC(=O)c1c[nH]cc(Br)c1=O. The number of carbonyl (C=O) groups excluding carboxylic acids is 1. The van der Waals surface area contributed by atoms with Crippen LogP contribution >= 0.6 is 15.9 Å². The van der Waals surface area contributed by atoms with E-state index in [1.807, 2.05) is 0 Å². The first-order valence-corrected chi connectivity index (χ1v) is 3.79. The van der Waals surface area contributed by atoms with Gasteiger partial charge < -0.3 is 4.98 Å². The van der Waals surface area contributed by atoms with Gasteiger partial charge in [0.15, 0.2) is 5.78 Å². The standard InChI is InChI=1S/C7H6BrNO2/c1-4(10)5-2-9-3-6(8)7(5)11/h2-3H,1H3,(H,9,11). The molecule has 3 nitrogen and oxygen atoms in total. The molecule has 0 amide bonds. The monoisotopic (exact) mass is 215 g/mol. The molecule has 0 spiro atoms. The van der Waals surface area contributed by atoms with Crippen molar-refractivity contribution in [2.24, 2.45) is 0 Å². The van der Waals surface area contributed by atoms with Crippen LogP contribution in [0.1, 0.15) is 17.3 Å². The van der Waals surface area contributed by atoms with Crippen molar-refractivity contribution in [3.8, 4) is 0 Å². The van der Waals surface area contributed by atoms with Crippen LogP contribution in [-0.4, -0.2) is 10.8 Å². The molecule has 0 saturated carbocycles. The van der Waals surface area contributed by atoms with Crippen molar-refractivity contribution < 1.29 is 4.79 Å². The van der Waals surface area contributed by atoms with Crippen LogP contribution in [0.15, 0.2) is 21.7 Å². The van der Waals surface area contributed by atoms with E-state index in [4.69, 9.17) is 0 Å². The lowest BCUT2D eigenvalue weighted by Crippen LogP contribution is -2.13. The number of Topliss-reactive ketones (excluding diaryl/α,β-unsaturated/α-hetero) is 1. The highest BCUT2D eigenvalue weighted by molar-refractivity contribution is 9.10. The van der Waals surface area contributed by atoms with Gasteiger partial charge >= 0.3 is 0 Å². The number of aromatic nitrogens is 1. The summed E-state index contributed by atoms with van der Waals surface area (Å²) in [7, 11) is 0. The Morgan fingerprint density at radius 1 is 1.55 bits per heavy atom. The highest BCUT2D eigenvalue weighted by atomic mass is 79.9. The van der Waals surface area contributed by atoms with Crippen molar-refractivity contribution in [3.63, 3.8) is 0 Å². The molecule has 0 aliphatic rings. The third-order valence-corrected chi connectivity index (χ3v) is 1.87. The molecular formula is C7H6BrNO2. The summed E-state index contributed by atoms with van der Waals surface area (Å²) < 4.78 is 0.380. The zero-order valence-corrected chi connectivity index (χ0v) is 7.44. The van der Waals surface area contributed by atoms with Gasteiger partial charge in [-0.25, -0.2) is 0 Å². The molecule has 11 heavy (non-hydrogen) atoms. The number of halogens is 1. The minimum Gasteiger partial charge on any atom is -0.366 e. The van der Waals surface area contributed by atoms with Crippen molar-refractivity contribution in [2.75, 3.05) is 0 Å². The molecule has 0 aliphatic carbocycles. The van der Waals surface area contributed by atoms with Crippen molar-refractivity contribution in [1.82, 2.24) is 4.98 Å². The highest BCUT2D eigenvalue weighted by Crippen LogP contribution is 2.01. The van der Waals surface area contributed by atoms with E-state index in [1.165, 1.54) is 19.3 Å². The fourth-order valence-electron chi connectivity index (χ4n) is 0.719. The van der Waals surface area contributed by atoms with Crippen LogP contribution in [0.3, 0.4) is 0 Å². The first-order valence-electron chi connectivity index (χ1n) is 3.00. The molecule has 4 heteroatoms. The van der Waals surface area contributed by atoms with Gasteiger partial charge in [-0.3, -0.25) is 9.59 Å². The predicted molar refractivity (Wildman–Crippen MR) is 44.8 cm³/mol. The molecule has 0 aliphatic heterocycles. The Bertz CT molecular complexity index is 343. The van der Waals surface area contributed by atoms with E-state index < -0.39 is 0 Å². The molecule has 0 aromatic carbocycles. The Morgan fingerprint density at radius 2 is 2.18 bits per heavy atom. The summed E-state index contributed by atoms with van der Waals surface area (Å²) >= 11 is 3.02. The maximum atomic E-state index is 11.1. The van der Waals surface area contributed by atoms with Crippen LogP contribution in [0.2, 0.25) is 0 Å². The second-order valence-corrected chi connectivity index (χ2v) is 2.96. The summed E-state index contributed by atoms with van der Waals surface area (Å²) in [5, 5.41) is 0. The van der Waals surface area contributed by atoms with Gasteiger partial charge in [0.05, 0.1) is 10.0 Å². The summed E-state index contributed by atoms with van der Waals surface area (Å²) in [6.07, 6.45) is 2.89. The first kappa shape index (κ1) is 8.20. The molecule has 0 fully saturated rings. The van der Waals surface area contributed by atoms with Crippen LogP contribution in [0.25, 0.3) is 0 Å². The smallest absolute Gasteiger partial charge is 0.206 e. The van der Waals surface area contributed by atoms with E-state index in [2.05, 4.69) is 20.9 Å². The molecule has 1 rings (SSSR count). The van der Waals surface area contributed by atoms with Gasteiger partial charge in [0.25, 0.3) is 0 Å². The number of hydrogen-bond donors (Lipinski definition) is 1. The zero-order chi connectivity index (χ0) is 8.43. The van der Waals surface area contributed by atoms with Gasteiger partial charge in [-0.1, -0.05) is 0 Å². The number of pyridine rings is 1. The van der Waals surface area contributed by atoms with E-state index in [0.29, 0.717) is 4.47 Å². The Labute approximate surface area is 71.6 Å². The van der Waals surface area contributed by atoms with Gasteiger partial charge in [-0.2, -0.15) is 0 Å². The fraction of sp³-hybridized carbons (Fsp3) is 0.143. The zero-order valence-electron chi connectivity index (χ0n) is 5.85. The summed E-state index contributed by atoms with van der Waals surface area (Å²) in [5.74, 6) is -0.229. The largest absolute Gasteiger partial charge is 0.366 e. The summed E-state index contributed by atoms with van der Waals surface area (Å²) in [6, 6.07) is 0. The second-order valence-electron chi connectivity index (χ2n) is 2.10. The molecule has 0 saturated heterocycles. The lowest BCUT2D eigenvalue weighted by atomic mass is 10.2. The first-order chi connectivity index (χ1) is 5.13. The van der Waals surface area contributed by atoms with Crippen molar-refractivity contribution >= 4 is 21.7 Å². The van der Waals surface area contributed by atoms with Gasteiger partial charge in [-0.05, 0) is 22.9 Å². The van der Waals surface area contributed by atoms with Gasteiger partial charge in [0.2, 0.25) is 5.43 Å². The summed E-state index contributed by atoms with van der Waals surface area (Å²) in [5.41, 5.74) is -0.0874. The topological polar surface area (TPSA) is 49.9 Å². The van der Waals surface area contributed by atoms with Crippen LogP contribution in [-0.2, 0) is 0 Å². The van der Waals surface area contributed by atoms with Gasteiger partial charge in [0.1, 0.15) is 0 Å². The third-order valence-electron chi connectivity index (χ3n) is 1.28. The molecule has 0 bridgehead atoms. The molecule has 1 N–H and O–H groups in total. The summed E-state index contributed by atoms with van der Waals surface area (Å²) in [6.45, 7) is 1.36. The third kappa shape index (κ3) is 1.57. The minimum absolute atomic E-state index is 0.180. The van der Waals surface area contributed by atoms with Crippen molar-refractivity contribution in [1.29, 1.82) is 0 Å². The maximum Gasteiger partial charge on any atom is 0.206 e. The Hall–Kier alpha value is -0.900. The van der Waals surface area contributed by atoms with Crippen molar-refractivity contribution in [2.45, 2.75) is 6.92 Å². The summed E-state index contributed by atoms with van der Waals surface area (Å²) in [4.78, 5) is 24.6. The lowest BCUT2D eigenvalue weighted by Gasteiger charge is -1.93. The van der Waals surface area contributed by atoms with Crippen LogP contribution in [0.5, 0.6) is 0 Å². The molecule has 1 aromatic heterocycles. The number of rotatable bonds is 1. The average Bonchev–Trinajstić information content (AvgIpc) is 1.94. The number of hydrogen-bond acceptors (Lipinski definition) is 2. The molecule has 1 heterocycles.